The van der Waals surface area contributed by atoms with Crippen LogP contribution in [0, 0.1) is 5.92 Å². The predicted molar refractivity (Wildman–Crippen MR) is 141 cm³/mol. The number of fused-ring (bicyclic) bond motifs is 1. The molecule has 36 heavy (non-hydrogen) atoms. The molecule has 3 heterocycles. The first-order chi connectivity index (χ1) is 17.4. The number of hydrogen-bond donors (Lipinski definition) is 1. The zero-order valence-corrected chi connectivity index (χ0v) is 21.7. The molecule has 0 saturated carbocycles. The van der Waals surface area contributed by atoms with Crippen molar-refractivity contribution in [1.82, 2.24) is 24.3 Å². The lowest BCUT2D eigenvalue weighted by Gasteiger charge is -2.34. The number of imidazole rings is 1. The quantitative estimate of drug-likeness (QED) is 0.492. The van der Waals surface area contributed by atoms with E-state index in [2.05, 4.69) is 22.1 Å². The number of pyridine rings is 1. The lowest BCUT2D eigenvalue weighted by Crippen LogP contribution is -2.41. The van der Waals surface area contributed by atoms with E-state index in [1.54, 1.807) is 18.5 Å². The summed E-state index contributed by atoms with van der Waals surface area (Å²) in [5, 5.41) is 2.85. The van der Waals surface area contributed by atoms with E-state index in [1.807, 2.05) is 41.6 Å². The fourth-order valence-electron chi connectivity index (χ4n) is 5.12. The highest BCUT2D eigenvalue weighted by Crippen LogP contribution is 2.31. The molecule has 0 radical (unpaired) electrons. The number of nitrogens with one attached hydrogen (secondary N) is 1. The van der Waals surface area contributed by atoms with E-state index < -0.39 is 0 Å². The van der Waals surface area contributed by atoms with E-state index in [1.165, 1.54) is 7.11 Å². The van der Waals surface area contributed by atoms with Crippen LogP contribution in [0.3, 0.4) is 0 Å². The molecule has 0 bridgehead atoms. The number of aromatic nitrogens is 3. The monoisotopic (exact) mass is 492 g/mol. The zero-order valence-electron chi connectivity index (χ0n) is 21.7. The van der Waals surface area contributed by atoms with Crippen LogP contribution in [0.4, 0.5) is 5.69 Å². The van der Waals surface area contributed by atoms with Crippen LogP contribution < -0.4 is 5.32 Å². The topological polar surface area (TPSA) is 92.6 Å². The first-order valence-corrected chi connectivity index (χ1v) is 12.7. The van der Waals surface area contributed by atoms with Crippen molar-refractivity contribution in [3.05, 3.63) is 42.2 Å². The number of methoxy groups -OCH3 is 1. The average Bonchev–Trinajstić information content (AvgIpc) is 3.27. The summed E-state index contributed by atoms with van der Waals surface area (Å²) in [6, 6.07) is 7.40. The number of anilines is 1. The van der Waals surface area contributed by atoms with E-state index in [9.17, 15) is 9.59 Å². The summed E-state index contributed by atoms with van der Waals surface area (Å²) >= 11 is 0. The van der Waals surface area contributed by atoms with Gasteiger partial charge in [0.25, 0.3) is 5.91 Å². The zero-order chi connectivity index (χ0) is 25.7. The van der Waals surface area contributed by atoms with Gasteiger partial charge in [0.15, 0.2) is 0 Å². The molecule has 1 N–H and O–H groups in total. The lowest BCUT2D eigenvalue weighted by atomic mass is 9.97. The summed E-state index contributed by atoms with van der Waals surface area (Å²) in [4.78, 5) is 39.5. The van der Waals surface area contributed by atoms with Gasteiger partial charge in [0.2, 0.25) is 5.91 Å². The molecular formula is C27H36N6O3. The van der Waals surface area contributed by atoms with Crippen LogP contribution in [-0.2, 0) is 16.1 Å². The van der Waals surface area contributed by atoms with E-state index >= 15 is 0 Å². The molecule has 9 heteroatoms. The maximum Gasteiger partial charge on any atom is 0.255 e. The van der Waals surface area contributed by atoms with Gasteiger partial charge < -0.3 is 24.4 Å². The first-order valence-electron chi connectivity index (χ1n) is 12.7. The Kier molecular flexibility index (Phi) is 8.32. The molecule has 0 spiro atoms. The number of ether oxygens (including phenoxy) is 1. The number of benzene rings is 1. The second-order valence-electron chi connectivity index (χ2n) is 9.38. The number of hydrogen-bond acceptors (Lipinski definition) is 6. The lowest BCUT2D eigenvalue weighted by molar-refractivity contribution is -0.119. The molecule has 2 aromatic heterocycles. The normalized spacial score (nSPS) is 16.3. The average molecular weight is 493 g/mol. The van der Waals surface area contributed by atoms with E-state index in [-0.39, 0.29) is 18.4 Å². The third-order valence-electron chi connectivity index (χ3n) is 6.80. The van der Waals surface area contributed by atoms with Crippen LogP contribution in [0.25, 0.3) is 22.4 Å². The van der Waals surface area contributed by atoms with Gasteiger partial charge in [0.05, 0.1) is 16.6 Å². The van der Waals surface area contributed by atoms with Crippen molar-refractivity contribution in [3.8, 4) is 11.4 Å². The minimum absolute atomic E-state index is 0.0683. The largest absolute Gasteiger partial charge is 0.375 e. The number of amides is 2. The highest BCUT2D eigenvalue weighted by molar-refractivity contribution is 6.08. The minimum Gasteiger partial charge on any atom is -0.375 e. The Hall–Kier alpha value is -3.30. The van der Waals surface area contributed by atoms with Crippen molar-refractivity contribution in [3.63, 3.8) is 0 Å². The maximum atomic E-state index is 13.9. The Balaban J connectivity index is 1.74. The van der Waals surface area contributed by atoms with Gasteiger partial charge in [-0.3, -0.25) is 14.6 Å². The van der Waals surface area contributed by atoms with Gasteiger partial charge in [-0.15, -0.1) is 0 Å². The second kappa shape index (κ2) is 11.6. The molecule has 2 amide bonds. The fraction of sp³-hybridized carbons (Fsp3) is 0.481. The van der Waals surface area contributed by atoms with Gasteiger partial charge in [-0.2, -0.15) is 0 Å². The molecular weight excluding hydrogens is 456 g/mol. The molecule has 1 atom stereocenters. The van der Waals surface area contributed by atoms with Crippen molar-refractivity contribution in [2.24, 2.45) is 5.92 Å². The van der Waals surface area contributed by atoms with Crippen molar-refractivity contribution >= 4 is 28.5 Å². The van der Waals surface area contributed by atoms with Crippen molar-refractivity contribution in [2.45, 2.75) is 33.2 Å². The van der Waals surface area contributed by atoms with E-state index in [0.717, 1.165) is 49.4 Å². The highest BCUT2D eigenvalue weighted by atomic mass is 16.5. The standard InChI is InChI=1S/C27H36N6O3/c1-5-32-12-8-9-19(17-32)16-31(3)27(35)22-13-21(29-24(34)18-36-4)14-23-25(22)33(6-2)26(30-23)20-10-7-11-28-15-20/h7,10-11,13-15,19H,5-6,8-9,12,16-18H2,1-4H3,(H,29,34)/t19-/m1/s1. The van der Waals surface area contributed by atoms with Gasteiger partial charge in [-0.05, 0) is 63.0 Å². The molecule has 4 rings (SSSR count). The Morgan fingerprint density at radius 1 is 1.25 bits per heavy atom. The molecule has 1 aliphatic heterocycles. The van der Waals surface area contributed by atoms with Crippen molar-refractivity contribution in [2.75, 3.05) is 52.3 Å². The Morgan fingerprint density at radius 3 is 2.78 bits per heavy atom. The third kappa shape index (κ3) is 5.57. The Bertz CT molecular complexity index is 1210. The summed E-state index contributed by atoms with van der Waals surface area (Å²) in [6.07, 6.45) is 5.77. The molecule has 1 fully saturated rings. The smallest absolute Gasteiger partial charge is 0.255 e. The number of piperidine rings is 1. The van der Waals surface area contributed by atoms with Crippen LogP contribution in [0.1, 0.15) is 37.0 Å². The number of carbonyl (C=O) groups is 2. The molecule has 1 aliphatic rings. The van der Waals surface area contributed by atoms with Gasteiger partial charge in [0, 0.05) is 57.4 Å². The van der Waals surface area contributed by atoms with E-state index in [4.69, 9.17) is 9.72 Å². The predicted octanol–water partition coefficient (Wildman–Crippen LogP) is 3.51. The second-order valence-corrected chi connectivity index (χ2v) is 9.38. The molecule has 9 nitrogen and oxygen atoms in total. The summed E-state index contributed by atoms with van der Waals surface area (Å²) in [7, 11) is 3.34. The summed E-state index contributed by atoms with van der Waals surface area (Å²) < 4.78 is 7.01. The summed E-state index contributed by atoms with van der Waals surface area (Å²) in [6.45, 7) is 8.64. The molecule has 0 aliphatic carbocycles. The molecule has 0 unspecified atom stereocenters. The minimum atomic E-state index is -0.284. The number of rotatable bonds is 9. The van der Waals surface area contributed by atoms with Crippen molar-refractivity contribution < 1.29 is 14.3 Å². The number of nitrogens with zero attached hydrogens (tertiary/aromatic N) is 5. The van der Waals surface area contributed by atoms with Crippen LogP contribution in [0.2, 0.25) is 0 Å². The fourth-order valence-corrected chi connectivity index (χ4v) is 5.12. The van der Waals surface area contributed by atoms with E-state index in [0.29, 0.717) is 35.8 Å². The van der Waals surface area contributed by atoms with Gasteiger partial charge in [-0.1, -0.05) is 6.92 Å². The van der Waals surface area contributed by atoms with Crippen LogP contribution >= 0.6 is 0 Å². The molecule has 192 valence electrons. The maximum absolute atomic E-state index is 13.9. The molecule has 1 saturated heterocycles. The number of aryl methyl sites for hydroxylation is 1. The SMILES string of the molecule is CCN1CCC[C@H](CN(C)C(=O)c2cc(NC(=O)COC)cc3nc(-c4cccnc4)n(CC)c23)C1. The van der Waals surface area contributed by atoms with Gasteiger partial charge in [-0.25, -0.2) is 4.98 Å². The number of likely N-dealkylation sites (tertiary alicyclic amines) is 1. The Morgan fingerprint density at radius 2 is 2.08 bits per heavy atom. The number of carbonyl (C=O) groups excluding carboxylic acids is 2. The Labute approximate surface area is 212 Å². The summed E-state index contributed by atoms with van der Waals surface area (Å²) in [5.41, 5.74) is 3.33. The van der Waals surface area contributed by atoms with Gasteiger partial charge in [0.1, 0.15) is 12.4 Å². The van der Waals surface area contributed by atoms with Gasteiger partial charge >= 0.3 is 0 Å². The van der Waals surface area contributed by atoms with Crippen LogP contribution in [0.15, 0.2) is 36.7 Å². The van der Waals surface area contributed by atoms with Crippen LogP contribution in [0.5, 0.6) is 0 Å². The first kappa shape index (κ1) is 25.8. The summed E-state index contributed by atoms with van der Waals surface area (Å²) in [5.74, 6) is 0.815. The van der Waals surface area contributed by atoms with Crippen LogP contribution in [-0.4, -0.2) is 83.1 Å². The molecule has 1 aromatic carbocycles. The highest BCUT2D eigenvalue weighted by Gasteiger charge is 2.26. The third-order valence-corrected chi connectivity index (χ3v) is 6.80. The molecule has 3 aromatic rings. The van der Waals surface area contributed by atoms with Crippen molar-refractivity contribution in [1.29, 1.82) is 0 Å².